The Balaban J connectivity index is 1.31. The third kappa shape index (κ3) is 7.66. The number of nitrogens with one attached hydrogen (secondary N) is 1. The number of aryl methyl sites for hydroxylation is 1. The minimum atomic E-state index is -4.97. The summed E-state index contributed by atoms with van der Waals surface area (Å²) in [6.45, 7) is 3.13. The predicted molar refractivity (Wildman–Crippen MR) is 164 cm³/mol. The average molecular weight is 692 g/mol. The maximum Gasteiger partial charge on any atom is 0.573 e. The Labute approximate surface area is 275 Å². The predicted octanol–water partition coefficient (Wildman–Crippen LogP) is 5.83. The van der Waals surface area contributed by atoms with Gasteiger partial charge in [-0.2, -0.15) is 28.2 Å². The molecule has 2 aliphatic rings. The van der Waals surface area contributed by atoms with Crippen molar-refractivity contribution < 1.29 is 45.7 Å². The molecule has 1 spiro atoms. The number of carbonyl (C=O) groups is 1. The van der Waals surface area contributed by atoms with Crippen LogP contribution in [-0.4, -0.2) is 69.0 Å². The van der Waals surface area contributed by atoms with Gasteiger partial charge in [0, 0.05) is 37.5 Å². The highest BCUT2D eigenvalue weighted by Crippen LogP contribution is 2.43. The number of anilines is 2. The normalized spacial score (nSPS) is 18.4. The van der Waals surface area contributed by atoms with Gasteiger partial charge in [0.2, 0.25) is 17.9 Å². The van der Waals surface area contributed by atoms with Crippen LogP contribution in [0.25, 0.3) is 16.8 Å². The lowest BCUT2D eigenvalue weighted by atomic mass is 9.76. The first-order valence-corrected chi connectivity index (χ1v) is 15.2. The molecule has 2 aliphatic heterocycles. The van der Waals surface area contributed by atoms with Crippen LogP contribution in [0.15, 0.2) is 60.8 Å². The lowest BCUT2D eigenvalue weighted by Crippen LogP contribution is -2.41. The summed E-state index contributed by atoms with van der Waals surface area (Å²) in [5.74, 6) is -1.87. The summed E-state index contributed by atoms with van der Waals surface area (Å²) < 4.78 is 93.9. The van der Waals surface area contributed by atoms with Gasteiger partial charge in [0.1, 0.15) is 17.6 Å². The Morgan fingerprint density at radius 2 is 1.78 bits per heavy atom. The lowest BCUT2D eigenvalue weighted by molar-refractivity contribution is -0.274. The van der Waals surface area contributed by atoms with Gasteiger partial charge in [-0.15, -0.1) is 13.2 Å². The van der Waals surface area contributed by atoms with Gasteiger partial charge >= 0.3 is 18.5 Å². The smallest absolute Gasteiger partial charge is 0.480 e. The van der Waals surface area contributed by atoms with E-state index in [-0.39, 0.29) is 34.0 Å². The molecular formula is C32H31F6N7O4. The fourth-order valence-electron chi connectivity index (χ4n) is 6.33. The summed E-state index contributed by atoms with van der Waals surface area (Å²) >= 11 is 0. The zero-order valence-electron chi connectivity index (χ0n) is 25.9. The van der Waals surface area contributed by atoms with E-state index >= 15 is 0 Å². The van der Waals surface area contributed by atoms with Gasteiger partial charge in [-0.3, -0.25) is 4.79 Å². The van der Waals surface area contributed by atoms with Crippen molar-refractivity contribution in [3.05, 3.63) is 72.1 Å². The van der Waals surface area contributed by atoms with Crippen molar-refractivity contribution in [2.75, 3.05) is 30.3 Å². The molecule has 6 rings (SSSR count). The zero-order valence-corrected chi connectivity index (χ0v) is 25.9. The van der Waals surface area contributed by atoms with Gasteiger partial charge in [0.15, 0.2) is 0 Å². The summed E-state index contributed by atoms with van der Waals surface area (Å²) in [5, 5.41) is 16.7. The third-order valence-electron chi connectivity index (χ3n) is 8.73. The van der Waals surface area contributed by atoms with Crippen molar-refractivity contribution in [3.63, 3.8) is 0 Å². The van der Waals surface area contributed by atoms with E-state index < -0.39 is 42.3 Å². The maximum atomic E-state index is 14.8. The molecule has 49 heavy (non-hydrogen) atoms. The van der Waals surface area contributed by atoms with Gasteiger partial charge in [0.25, 0.3) is 0 Å². The third-order valence-corrected chi connectivity index (χ3v) is 8.73. The van der Waals surface area contributed by atoms with E-state index in [1.807, 2.05) is 4.90 Å². The molecule has 2 atom stereocenters. The van der Waals surface area contributed by atoms with Crippen molar-refractivity contribution >= 4 is 17.7 Å². The monoisotopic (exact) mass is 691 g/mol. The van der Waals surface area contributed by atoms with Crippen molar-refractivity contribution in [1.82, 2.24) is 25.1 Å². The number of hydrogen-bond donors (Lipinski definition) is 3. The number of nitrogen functional groups attached to an aromatic ring is 1. The number of aliphatic carboxylic acids is 1. The van der Waals surface area contributed by atoms with E-state index in [2.05, 4.69) is 25.1 Å². The zero-order chi connectivity index (χ0) is 35.1. The first kappa shape index (κ1) is 33.8. The molecule has 2 fully saturated rings. The second-order valence-corrected chi connectivity index (χ2v) is 12.2. The number of carboxylic acids is 1. The molecule has 4 heterocycles. The van der Waals surface area contributed by atoms with Crippen molar-refractivity contribution in [2.45, 2.75) is 50.9 Å². The number of halogens is 6. The molecule has 17 heteroatoms. The van der Waals surface area contributed by atoms with Gasteiger partial charge in [-0.25, -0.2) is 4.68 Å². The van der Waals surface area contributed by atoms with Crippen molar-refractivity contribution in [3.8, 4) is 28.4 Å². The van der Waals surface area contributed by atoms with Gasteiger partial charge in [-0.1, -0.05) is 24.3 Å². The van der Waals surface area contributed by atoms with Crippen LogP contribution in [0, 0.1) is 12.3 Å². The number of alkyl halides is 6. The summed E-state index contributed by atoms with van der Waals surface area (Å²) in [6.07, 6.45) is -9.25. The number of nitrogens with two attached hydrogens (primary N) is 1. The van der Waals surface area contributed by atoms with Crippen LogP contribution in [0.2, 0.25) is 0 Å². The number of rotatable bonds is 8. The first-order valence-electron chi connectivity index (χ1n) is 15.2. The highest BCUT2D eigenvalue weighted by molar-refractivity contribution is 5.74. The Hall–Kier alpha value is -5.06. The Morgan fingerprint density at radius 3 is 2.41 bits per heavy atom. The molecule has 0 amide bonds. The number of aromatic nitrogens is 4. The van der Waals surface area contributed by atoms with Gasteiger partial charge in [-0.05, 0) is 67.0 Å². The van der Waals surface area contributed by atoms with E-state index in [4.69, 9.17) is 10.5 Å². The average Bonchev–Trinajstić information content (AvgIpc) is 3.65. The topological polar surface area (TPSA) is 141 Å². The number of carboxylic acid groups (broad SMARTS) is 1. The largest absolute Gasteiger partial charge is 0.573 e. The molecule has 2 aromatic heterocycles. The molecule has 0 bridgehead atoms. The molecule has 260 valence electrons. The van der Waals surface area contributed by atoms with Crippen LogP contribution in [0.1, 0.15) is 36.6 Å². The fraction of sp³-hybridized carbons (Fsp3) is 0.375. The molecule has 0 aliphatic carbocycles. The standard InChI is InChI=1S/C32H31F6N7O4/c1-18-7-10-45(43-18)24-14-20(19-3-2-4-21(13-19)49-32(36,37)38)5-6-22(24)27(31(33,34)35)48-26-15-25(41-29(39)42-26)44-11-8-30(9-12-44)16-23(28(46)47)40-17-30/h2-7,10,13-15,23,27,40H,8-9,11-12,16-17H2,1H3,(H,46,47)(H2,39,41,42)/t23?,27-/m1/s1. The Kier molecular flexibility index (Phi) is 8.81. The van der Waals surface area contributed by atoms with Gasteiger partial charge in [0.05, 0.1) is 11.4 Å². The second kappa shape index (κ2) is 12.8. The lowest BCUT2D eigenvalue weighted by Gasteiger charge is -2.39. The van der Waals surface area contributed by atoms with E-state index in [0.29, 0.717) is 50.2 Å². The number of benzene rings is 2. The molecule has 2 aromatic carbocycles. The number of hydrogen-bond acceptors (Lipinski definition) is 9. The number of piperidine rings is 1. The summed E-state index contributed by atoms with van der Waals surface area (Å²) in [4.78, 5) is 21.4. The van der Waals surface area contributed by atoms with Crippen LogP contribution in [0.4, 0.5) is 38.1 Å². The quantitative estimate of drug-likeness (QED) is 0.193. The highest BCUT2D eigenvalue weighted by atomic mass is 19.4. The Bertz CT molecular complexity index is 1840. The van der Waals surface area contributed by atoms with Crippen LogP contribution in [-0.2, 0) is 4.79 Å². The van der Waals surface area contributed by atoms with Crippen LogP contribution in [0.3, 0.4) is 0 Å². The van der Waals surface area contributed by atoms with E-state index in [1.54, 1.807) is 13.0 Å². The molecule has 0 radical (unpaired) electrons. The van der Waals surface area contributed by atoms with Crippen molar-refractivity contribution in [2.24, 2.45) is 5.41 Å². The van der Waals surface area contributed by atoms with Crippen molar-refractivity contribution in [1.29, 1.82) is 0 Å². The fourth-order valence-corrected chi connectivity index (χ4v) is 6.33. The molecule has 2 saturated heterocycles. The number of nitrogens with zero attached hydrogens (tertiary/aromatic N) is 5. The summed E-state index contributed by atoms with van der Waals surface area (Å²) in [5.41, 5.74) is 6.40. The first-order chi connectivity index (χ1) is 23.1. The molecule has 11 nitrogen and oxygen atoms in total. The SMILES string of the molecule is Cc1ccn(-c2cc(-c3cccc(OC(F)(F)F)c3)ccc2[C@@H](Oc2cc(N3CCC4(CC3)CNC(C(=O)O)C4)nc(N)n2)C(F)(F)F)n1. The van der Waals surface area contributed by atoms with Gasteiger partial charge < -0.3 is 30.5 Å². The van der Waals surface area contributed by atoms with Crippen LogP contribution < -0.4 is 25.4 Å². The molecule has 1 unspecified atom stereocenters. The number of ether oxygens (including phenoxy) is 2. The molecule has 4 N–H and O–H groups in total. The Morgan fingerprint density at radius 1 is 1.04 bits per heavy atom. The molecular weight excluding hydrogens is 660 g/mol. The minimum Gasteiger partial charge on any atom is -0.480 e. The molecule has 0 saturated carbocycles. The van der Waals surface area contributed by atoms with E-state index in [1.165, 1.54) is 47.3 Å². The van der Waals surface area contributed by atoms with Crippen LogP contribution in [0.5, 0.6) is 11.6 Å². The summed E-state index contributed by atoms with van der Waals surface area (Å²) in [6, 6.07) is 11.2. The van der Waals surface area contributed by atoms with Crippen LogP contribution >= 0.6 is 0 Å². The molecule has 4 aromatic rings. The summed E-state index contributed by atoms with van der Waals surface area (Å²) in [7, 11) is 0. The van der Waals surface area contributed by atoms with E-state index in [0.717, 1.165) is 12.1 Å². The minimum absolute atomic E-state index is 0.0384. The van der Waals surface area contributed by atoms with E-state index in [9.17, 15) is 36.2 Å². The second-order valence-electron chi connectivity index (χ2n) is 12.2. The maximum absolute atomic E-state index is 14.8. The highest BCUT2D eigenvalue weighted by Gasteiger charge is 2.46.